The zero-order valence-corrected chi connectivity index (χ0v) is 11.2. The lowest BCUT2D eigenvalue weighted by Crippen LogP contribution is -2.01. The van der Waals surface area contributed by atoms with E-state index >= 15 is 0 Å². The van der Waals surface area contributed by atoms with Crippen LogP contribution in [0.1, 0.15) is 18.1 Å². The molecule has 0 bridgehead atoms. The fourth-order valence-electron chi connectivity index (χ4n) is 1.78. The van der Waals surface area contributed by atoms with Gasteiger partial charge in [-0.15, -0.1) is 0 Å². The van der Waals surface area contributed by atoms with Crippen molar-refractivity contribution >= 4 is 5.69 Å². The molecule has 2 nitrogen and oxygen atoms in total. The van der Waals surface area contributed by atoms with Crippen LogP contribution in [0.2, 0.25) is 0 Å². The van der Waals surface area contributed by atoms with Crippen LogP contribution in [0.15, 0.2) is 58.8 Å². The number of nitrogens with zero attached hydrogens (tertiary/aromatic N) is 2. The maximum atomic E-state index is 12.8. The molecule has 0 aliphatic rings. The quantitative estimate of drug-likeness (QED) is 0.699. The summed E-state index contributed by atoms with van der Waals surface area (Å²) in [6.45, 7) is 4.04. The second kappa shape index (κ2) is 6.23. The normalized spacial score (nSPS) is 12.8. The van der Waals surface area contributed by atoms with Gasteiger partial charge in [0, 0.05) is 0 Å². The minimum absolute atomic E-state index is 0.0757. The van der Waals surface area contributed by atoms with Gasteiger partial charge in [-0.1, -0.05) is 29.8 Å². The predicted octanol–water partition coefficient (Wildman–Crippen LogP) is 4.85. The third kappa shape index (κ3) is 4.28. The van der Waals surface area contributed by atoms with Crippen LogP contribution in [0.3, 0.4) is 0 Å². The average Bonchev–Trinajstić information content (AvgIpc) is 2.41. The van der Waals surface area contributed by atoms with E-state index in [4.69, 9.17) is 0 Å². The third-order valence-corrected chi connectivity index (χ3v) is 2.85. The molecule has 2 rings (SSSR count). The van der Waals surface area contributed by atoms with E-state index in [1.807, 2.05) is 38.1 Å². The topological polar surface area (TPSA) is 24.7 Å². The number of rotatable bonds is 4. The zero-order chi connectivity index (χ0) is 13.7. The Morgan fingerprint density at radius 1 is 1.00 bits per heavy atom. The predicted molar refractivity (Wildman–Crippen MR) is 75.3 cm³/mol. The van der Waals surface area contributed by atoms with E-state index < -0.39 is 0 Å². The Hall–Kier alpha value is -2.03. The lowest BCUT2D eigenvalue weighted by molar-refractivity contribution is 0.625. The summed E-state index contributed by atoms with van der Waals surface area (Å²) >= 11 is 0. The van der Waals surface area contributed by atoms with E-state index in [1.165, 1.54) is 17.7 Å². The van der Waals surface area contributed by atoms with Crippen molar-refractivity contribution in [1.82, 2.24) is 0 Å². The number of hydrogen-bond donors (Lipinski definition) is 0. The van der Waals surface area contributed by atoms with E-state index in [0.29, 0.717) is 0 Å². The van der Waals surface area contributed by atoms with Gasteiger partial charge in [-0.05, 0) is 50.1 Å². The highest BCUT2D eigenvalue weighted by molar-refractivity contribution is 5.37. The Balaban J connectivity index is 1.95. The molecule has 0 aliphatic heterocycles. The molecule has 1 atom stereocenters. The van der Waals surface area contributed by atoms with Crippen molar-refractivity contribution in [1.29, 1.82) is 0 Å². The molecule has 3 heteroatoms. The number of hydrogen-bond acceptors (Lipinski definition) is 2. The van der Waals surface area contributed by atoms with Crippen molar-refractivity contribution in [2.24, 2.45) is 10.2 Å². The van der Waals surface area contributed by atoms with Crippen LogP contribution in [0, 0.1) is 12.7 Å². The van der Waals surface area contributed by atoms with E-state index in [9.17, 15) is 4.39 Å². The van der Waals surface area contributed by atoms with Crippen molar-refractivity contribution in [3.63, 3.8) is 0 Å². The minimum atomic E-state index is -0.210. The molecule has 2 aromatic carbocycles. The van der Waals surface area contributed by atoms with Gasteiger partial charge in [-0.3, -0.25) is 0 Å². The summed E-state index contributed by atoms with van der Waals surface area (Å²) in [5.74, 6) is -0.210. The number of azo groups is 1. The number of halogens is 1. The first kappa shape index (κ1) is 13.4. The lowest BCUT2D eigenvalue weighted by Gasteiger charge is -2.05. The molecule has 1 unspecified atom stereocenters. The fourth-order valence-corrected chi connectivity index (χ4v) is 1.78. The van der Waals surface area contributed by atoms with E-state index in [0.717, 1.165) is 17.7 Å². The van der Waals surface area contributed by atoms with E-state index in [1.54, 1.807) is 12.1 Å². The van der Waals surface area contributed by atoms with Gasteiger partial charge in [0.15, 0.2) is 0 Å². The summed E-state index contributed by atoms with van der Waals surface area (Å²) in [6, 6.07) is 14.5. The summed E-state index contributed by atoms with van der Waals surface area (Å²) < 4.78 is 12.8. The largest absolute Gasteiger partial charge is 0.207 e. The van der Waals surface area contributed by atoms with E-state index in [-0.39, 0.29) is 11.9 Å². The van der Waals surface area contributed by atoms with E-state index in [2.05, 4.69) is 10.2 Å². The van der Waals surface area contributed by atoms with Gasteiger partial charge < -0.3 is 0 Å². The SMILES string of the molecule is Cc1ccc(N=NC(C)Cc2ccc(F)cc2)cc1. The van der Waals surface area contributed by atoms with Crippen LogP contribution in [-0.2, 0) is 6.42 Å². The average molecular weight is 256 g/mol. The molecule has 0 saturated heterocycles. The molecule has 19 heavy (non-hydrogen) atoms. The number of aryl methyl sites for hydroxylation is 1. The first-order valence-corrected chi connectivity index (χ1v) is 6.35. The monoisotopic (exact) mass is 256 g/mol. The van der Waals surface area contributed by atoms with Gasteiger partial charge in [0.25, 0.3) is 0 Å². The minimum Gasteiger partial charge on any atom is -0.207 e. The van der Waals surface area contributed by atoms with Crippen LogP contribution < -0.4 is 0 Å². The standard InChI is InChI=1S/C16H17FN2/c1-12-3-9-16(10-4-12)19-18-13(2)11-14-5-7-15(17)8-6-14/h3-10,13H,11H2,1-2H3. The van der Waals surface area contributed by atoms with Crippen LogP contribution in [0.5, 0.6) is 0 Å². The Labute approximate surface area is 113 Å². The second-order valence-electron chi connectivity index (χ2n) is 4.73. The fraction of sp³-hybridized carbons (Fsp3) is 0.250. The molecule has 0 spiro atoms. The molecule has 98 valence electrons. The Morgan fingerprint density at radius 3 is 2.26 bits per heavy atom. The van der Waals surface area contributed by atoms with Gasteiger partial charge in [0.2, 0.25) is 0 Å². The summed E-state index contributed by atoms with van der Waals surface area (Å²) in [5, 5.41) is 8.48. The van der Waals surface area contributed by atoms with Crippen LogP contribution in [0.25, 0.3) is 0 Å². The highest BCUT2D eigenvalue weighted by Gasteiger charge is 2.02. The molecule has 0 heterocycles. The molecule has 2 aromatic rings. The molecule has 0 N–H and O–H groups in total. The maximum absolute atomic E-state index is 12.8. The van der Waals surface area contributed by atoms with Gasteiger partial charge >= 0.3 is 0 Å². The third-order valence-electron chi connectivity index (χ3n) is 2.85. The molecular weight excluding hydrogens is 239 g/mol. The van der Waals surface area contributed by atoms with Gasteiger partial charge in [-0.2, -0.15) is 10.2 Å². The molecule has 0 saturated carbocycles. The van der Waals surface area contributed by atoms with Crippen molar-refractivity contribution in [3.05, 3.63) is 65.5 Å². The smallest absolute Gasteiger partial charge is 0.123 e. The Bertz CT molecular complexity index is 544. The first-order valence-electron chi connectivity index (χ1n) is 6.35. The molecule has 0 fully saturated rings. The lowest BCUT2D eigenvalue weighted by atomic mass is 10.1. The highest BCUT2D eigenvalue weighted by Crippen LogP contribution is 2.15. The molecule has 0 aromatic heterocycles. The van der Waals surface area contributed by atoms with Gasteiger partial charge in [0.05, 0.1) is 11.7 Å². The summed E-state index contributed by atoms with van der Waals surface area (Å²) in [6.07, 6.45) is 0.760. The van der Waals surface area contributed by atoms with Crippen LogP contribution >= 0.6 is 0 Å². The van der Waals surface area contributed by atoms with Crippen molar-refractivity contribution in [3.8, 4) is 0 Å². The molecule has 0 amide bonds. The Kier molecular flexibility index (Phi) is 4.39. The Morgan fingerprint density at radius 2 is 1.63 bits per heavy atom. The molecular formula is C16H17FN2. The number of benzene rings is 2. The first-order chi connectivity index (χ1) is 9.13. The van der Waals surface area contributed by atoms with Gasteiger partial charge in [-0.25, -0.2) is 4.39 Å². The maximum Gasteiger partial charge on any atom is 0.123 e. The van der Waals surface area contributed by atoms with Crippen molar-refractivity contribution in [2.45, 2.75) is 26.3 Å². The van der Waals surface area contributed by atoms with Crippen molar-refractivity contribution in [2.75, 3.05) is 0 Å². The molecule has 0 radical (unpaired) electrons. The van der Waals surface area contributed by atoms with Gasteiger partial charge in [0.1, 0.15) is 5.82 Å². The summed E-state index contributed by atoms with van der Waals surface area (Å²) in [5.41, 5.74) is 3.13. The summed E-state index contributed by atoms with van der Waals surface area (Å²) in [7, 11) is 0. The molecule has 0 aliphatic carbocycles. The van der Waals surface area contributed by atoms with Crippen LogP contribution in [-0.4, -0.2) is 6.04 Å². The van der Waals surface area contributed by atoms with Crippen LogP contribution in [0.4, 0.5) is 10.1 Å². The van der Waals surface area contributed by atoms with Crippen molar-refractivity contribution < 1.29 is 4.39 Å². The summed E-state index contributed by atoms with van der Waals surface area (Å²) in [4.78, 5) is 0. The highest BCUT2D eigenvalue weighted by atomic mass is 19.1. The second-order valence-corrected chi connectivity index (χ2v) is 4.73. The zero-order valence-electron chi connectivity index (χ0n) is 11.2.